The number of hydrogen-bond donors (Lipinski definition) is 1. The first-order valence-corrected chi connectivity index (χ1v) is 14.5. The number of rotatable bonds is 23. The molecular weight excluding hydrogens is 399 g/mol. The third-order valence-electron chi connectivity index (χ3n) is 6.27. The summed E-state index contributed by atoms with van der Waals surface area (Å²) in [7, 11) is -4.65. The van der Waals surface area contributed by atoms with E-state index in [2.05, 4.69) is 13.8 Å². The molecule has 0 aromatic carbocycles. The van der Waals surface area contributed by atoms with Crippen LogP contribution in [0, 0.1) is 0 Å². The van der Waals surface area contributed by atoms with Crippen molar-refractivity contribution in [3.63, 3.8) is 0 Å². The maximum absolute atomic E-state index is 14.9. The first kappa shape index (κ1) is 29.8. The highest BCUT2D eigenvalue weighted by Gasteiger charge is 2.42. The Morgan fingerprint density at radius 3 is 1.00 bits per heavy atom. The van der Waals surface area contributed by atoms with E-state index in [-0.39, 0.29) is 12.8 Å². The molecule has 0 aromatic heterocycles. The van der Waals surface area contributed by atoms with Crippen LogP contribution in [-0.4, -0.2) is 18.0 Å². The molecule has 0 aromatic rings. The van der Waals surface area contributed by atoms with E-state index in [1.807, 2.05) is 0 Å². The quantitative estimate of drug-likeness (QED) is 0.125. The fourth-order valence-corrected chi connectivity index (χ4v) is 4.94. The second-order valence-electron chi connectivity index (χ2n) is 9.22. The van der Waals surface area contributed by atoms with Crippen molar-refractivity contribution in [1.82, 2.24) is 0 Å². The first-order valence-electron chi connectivity index (χ1n) is 13.0. The Morgan fingerprint density at radius 1 is 0.533 bits per heavy atom. The topological polar surface area (TPSA) is 54.4 Å². The molecule has 1 N–H and O–H groups in total. The summed E-state index contributed by atoms with van der Waals surface area (Å²) < 4.78 is 47.5. The van der Waals surface area contributed by atoms with Crippen molar-refractivity contribution in [2.75, 3.05) is 0 Å². The van der Waals surface area contributed by atoms with Gasteiger partial charge in [-0.25, -0.2) is 4.39 Å². The molecule has 0 aliphatic heterocycles. The van der Waals surface area contributed by atoms with Gasteiger partial charge in [0.05, 0.1) is 0 Å². The van der Waals surface area contributed by atoms with E-state index in [1.54, 1.807) is 0 Å². The van der Waals surface area contributed by atoms with E-state index in [9.17, 15) is 17.4 Å². The maximum atomic E-state index is 14.9. The fraction of sp³-hybridized carbons (Fsp3) is 1.00. The van der Waals surface area contributed by atoms with Crippen LogP contribution in [-0.2, 0) is 10.1 Å². The van der Waals surface area contributed by atoms with Crippen molar-refractivity contribution in [2.24, 2.45) is 0 Å². The Hall–Kier alpha value is -0.160. The van der Waals surface area contributed by atoms with E-state index >= 15 is 0 Å². The zero-order valence-electron chi connectivity index (χ0n) is 20.1. The molecule has 0 radical (unpaired) electrons. The summed E-state index contributed by atoms with van der Waals surface area (Å²) in [6.45, 7) is 4.41. The van der Waals surface area contributed by atoms with Crippen molar-refractivity contribution in [2.45, 2.75) is 160 Å². The van der Waals surface area contributed by atoms with Crippen LogP contribution in [0.1, 0.15) is 155 Å². The van der Waals surface area contributed by atoms with E-state index in [0.717, 1.165) is 38.5 Å². The molecule has 1 unspecified atom stereocenters. The highest BCUT2D eigenvalue weighted by Crippen LogP contribution is 2.32. The molecule has 0 amide bonds. The normalized spacial score (nSPS) is 14.1. The molecule has 5 heteroatoms. The van der Waals surface area contributed by atoms with Crippen molar-refractivity contribution >= 4 is 10.1 Å². The predicted molar refractivity (Wildman–Crippen MR) is 128 cm³/mol. The molecule has 0 aliphatic carbocycles. The summed E-state index contributed by atoms with van der Waals surface area (Å²) >= 11 is 0. The van der Waals surface area contributed by atoms with E-state index in [0.29, 0.717) is 12.8 Å². The van der Waals surface area contributed by atoms with Gasteiger partial charge in [0.2, 0.25) is 5.00 Å². The van der Waals surface area contributed by atoms with Crippen molar-refractivity contribution in [3.8, 4) is 0 Å². The SMILES string of the molecule is CCCCCCCCCCCCCCCC(F)(CCCCCCCCC)S(=O)(=O)O. The van der Waals surface area contributed by atoms with Gasteiger partial charge in [-0.2, -0.15) is 8.42 Å². The van der Waals surface area contributed by atoms with Crippen LogP contribution in [0.3, 0.4) is 0 Å². The number of halogens is 1. The maximum Gasteiger partial charge on any atom is 0.300 e. The summed E-state index contributed by atoms with van der Waals surface area (Å²) in [6.07, 6.45) is 22.4. The van der Waals surface area contributed by atoms with Crippen LogP contribution in [0.5, 0.6) is 0 Å². The minimum atomic E-state index is -4.65. The van der Waals surface area contributed by atoms with Gasteiger partial charge >= 0.3 is 0 Å². The predicted octanol–water partition coefficient (Wildman–Crippen LogP) is 9.16. The minimum absolute atomic E-state index is 0.0700. The Bertz CT molecular complexity index is 467. The molecule has 1 atom stereocenters. The van der Waals surface area contributed by atoms with Crippen LogP contribution >= 0.6 is 0 Å². The second-order valence-corrected chi connectivity index (χ2v) is 10.9. The summed E-state index contributed by atoms with van der Waals surface area (Å²) in [5, 5.41) is -2.45. The molecule has 182 valence electrons. The molecule has 0 saturated heterocycles. The standard InChI is InChI=1S/C25H51FO3S/c1-3-5-7-9-11-12-13-14-15-16-18-20-22-24-25(26,30(27,28)29)23-21-19-17-10-8-6-4-2/h3-24H2,1-2H3,(H,27,28,29). The summed E-state index contributed by atoms with van der Waals surface area (Å²) in [4.78, 5) is 0. The zero-order chi connectivity index (χ0) is 22.6. The average molecular weight is 451 g/mol. The first-order chi connectivity index (χ1) is 14.4. The monoisotopic (exact) mass is 450 g/mol. The van der Waals surface area contributed by atoms with Gasteiger partial charge in [-0.3, -0.25) is 4.55 Å². The van der Waals surface area contributed by atoms with Crippen molar-refractivity contribution < 1.29 is 17.4 Å². The molecular formula is C25H51FO3S. The van der Waals surface area contributed by atoms with Gasteiger partial charge in [-0.1, -0.05) is 129 Å². The van der Waals surface area contributed by atoms with Crippen LogP contribution < -0.4 is 0 Å². The fourth-order valence-electron chi connectivity index (χ4n) is 4.14. The zero-order valence-corrected chi connectivity index (χ0v) is 20.9. The summed E-state index contributed by atoms with van der Waals surface area (Å²) in [6, 6.07) is 0. The third-order valence-corrected chi connectivity index (χ3v) is 7.60. The van der Waals surface area contributed by atoms with Crippen molar-refractivity contribution in [1.29, 1.82) is 0 Å². The van der Waals surface area contributed by atoms with E-state index in [1.165, 1.54) is 77.0 Å². The van der Waals surface area contributed by atoms with Crippen molar-refractivity contribution in [3.05, 3.63) is 0 Å². The Kier molecular flexibility index (Phi) is 19.4. The Balaban J connectivity index is 3.77. The van der Waals surface area contributed by atoms with Gasteiger partial charge < -0.3 is 0 Å². The average Bonchev–Trinajstić information content (AvgIpc) is 2.70. The summed E-state index contributed by atoms with van der Waals surface area (Å²) in [5.41, 5.74) is 0. The highest BCUT2D eigenvalue weighted by atomic mass is 32.2. The Morgan fingerprint density at radius 2 is 0.767 bits per heavy atom. The van der Waals surface area contributed by atoms with Crippen LogP contribution in [0.15, 0.2) is 0 Å². The lowest BCUT2D eigenvalue weighted by Gasteiger charge is -2.22. The number of unbranched alkanes of at least 4 members (excludes halogenated alkanes) is 18. The lowest BCUT2D eigenvalue weighted by atomic mass is 10.0. The third kappa shape index (κ3) is 16.5. The van der Waals surface area contributed by atoms with Gasteiger partial charge in [-0.15, -0.1) is 0 Å². The molecule has 0 heterocycles. The van der Waals surface area contributed by atoms with Crippen LogP contribution in [0.4, 0.5) is 4.39 Å². The Labute approximate surface area is 187 Å². The van der Waals surface area contributed by atoms with Gasteiger partial charge in [0, 0.05) is 0 Å². The largest absolute Gasteiger partial charge is 0.300 e. The van der Waals surface area contributed by atoms with Crippen LogP contribution in [0.2, 0.25) is 0 Å². The van der Waals surface area contributed by atoms with Crippen LogP contribution in [0.25, 0.3) is 0 Å². The number of hydrogen-bond acceptors (Lipinski definition) is 2. The molecule has 0 bridgehead atoms. The van der Waals surface area contributed by atoms with Gasteiger partial charge in [0.25, 0.3) is 10.1 Å². The molecule has 3 nitrogen and oxygen atoms in total. The smallest absolute Gasteiger partial charge is 0.283 e. The molecule has 0 spiro atoms. The number of alkyl halides is 1. The van der Waals surface area contributed by atoms with Gasteiger partial charge in [0.15, 0.2) is 0 Å². The van der Waals surface area contributed by atoms with E-state index < -0.39 is 15.1 Å². The highest BCUT2D eigenvalue weighted by molar-refractivity contribution is 7.87. The molecule has 30 heavy (non-hydrogen) atoms. The molecule has 0 aliphatic rings. The second kappa shape index (κ2) is 19.5. The minimum Gasteiger partial charge on any atom is -0.283 e. The van der Waals surface area contributed by atoms with Gasteiger partial charge in [0.1, 0.15) is 0 Å². The summed E-state index contributed by atoms with van der Waals surface area (Å²) in [5.74, 6) is 0. The van der Waals surface area contributed by atoms with Gasteiger partial charge in [-0.05, 0) is 25.7 Å². The molecule has 0 fully saturated rings. The lowest BCUT2D eigenvalue weighted by molar-refractivity contribution is 0.203. The molecule has 0 rings (SSSR count). The van der Waals surface area contributed by atoms with E-state index in [4.69, 9.17) is 0 Å². The molecule has 0 saturated carbocycles. The lowest BCUT2D eigenvalue weighted by Crippen LogP contribution is -2.33.